The molecule has 0 bridgehead atoms. The highest BCUT2D eigenvalue weighted by molar-refractivity contribution is 6.61. The van der Waals surface area contributed by atoms with Crippen LogP contribution in [0.1, 0.15) is 33.3 Å². The molecule has 6 nitrogen and oxygen atoms in total. The minimum atomic E-state index is -1.20. The molecule has 8 heteroatoms. The number of nitrogens with zero attached hydrogens (tertiary/aromatic N) is 2. The van der Waals surface area contributed by atoms with Gasteiger partial charge < -0.3 is 24.4 Å². The van der Waals surface area contributed by atoms with E-state index in [1.165, 1.54) is 0 Å². The predicted molar refractivity (Wildman–Crippen MR) is 115 cm³/mol. The molecule has 1 aliphatic rings. The van der Waals surface area contributed by atoms with Crippen LogP contribution in [-0.4, -0.2) is 84.6 Å². The molecular weight excluding hydrogens is 378 g/mol. The summed E-state index contributed by atoms with van der Waals surface area (Å²) >= 11 is 6.48. The van der Waals surface area contributed by atoms with Crippen LogP contribution in [-0.2, 0) is 4.65 Å². The molecule has 0 aliphatic carbocycles. The first-order valence-electron chi connectivity index (χ1n) is 9.83. The first-order chi connectivity index (χ1) is 12.9. The molecular formula is C20H34BClN2O4. The summed E-state index contributed by atoms with van der Waals surface area (Å²) in [7, 11) is 0.942. The first kappa shape index (κ1) is 23.5. The number of rotatable bonds is 8. The Morgan fingerprint density at radius 2 is 1.75 bits per heavy atom. The van der Waals surface area contributed by atoms with E-state index in [1.54, 1.807) is 39.8 Å². The van der Waals surface area contributed by atoms with Crippen molar-refractivity contribution in [3.63, 3.8) is 0 Å². The van der Waals surface area contributed by atoms with Crippen LogP contribution in [0, 0.1) is 6.92 Å². The van der Waals surface area contributed by atoms with Gasteiger partial charge in [0.1, 0.15) is 12.4 Å². The van der Waals surface area contributed by atoms with E-state index in [2.05, 4.69) is 16.8 Å². The van der Waals surface area contributed by atoms with Crippen LogP contribution < -0.4 is 10.2 Å². The summed E-state index contributed by atoms with van der Waals surface area (Å²) < 4.78 is 11.6. The number of benzene rings is 1. The fourth-order valence-electron chi connectivity index (χ4n) is 2.90. The van der Waals surface area contributed by atoms with Crippen molar-refractivity contribution in [2.24, 2.45) is 0 Å². The second-order valence-corrected chi connectivity index (χ2v) is 9.00. The molecule has 1 aromatic rings. The maximum absolute atomic E-state index is 10.5. The van der Waals surface area contributed by atoms with Crippen molar-refractivity contribution in [2.75, 3.05) is 46.4 Å². The van der Waals surface area contributed by atoms with Crippen LogP contribution in [0.2, 0.25) is 5.02 Å². The van der Waals surface area contributed by atoms with Crippen molar-refractivity contribution < 1.29 is 19.5 Å². The molecule has 158 valence electrons. The smallest absolute Gasteiger partial charge is 0.491 e. The topological polar surface area (TPSA) is 65.4 Å². The van der Waals surface area contributed by atoms with Gasteiger partial charge in [-0.2, -0.15) is 0 Å². The fourth-order valence-corrected chi connectivity index (χ4v) is 3.12. The van der Waals surface area contributed by atoms with Gasteiger partial charge in [0.25, 0.3) is 0 Å². The average Bonchev–Trinajstić information content (AvgIpc) is 2.59. The van der Waals surface area contributed by atoms with E-state index in [9.17, 15) is 10.1 Å². The minimum Gasteiger partial charge on any atom is -0.491 e. The second kappa shape index (κ2) is 9.33. The Morgan fingerprint density at radius 1 is 1.14 bits per heavy atom. The number of likely N-dealkylation sites (N-methyl/N-ethyl adjacent to an activating group) is 1. The van der Waals surface area contributed by atoms with Gasteiger partial charge in [0.15, 0.2) is 0 Å². The molecule has 1 saturated heterocycles. The summed E-state index contributed by atoms with van der Waals surface area (Å²) in [6.45, 7) is 14.3. The molecule has 2 rings (SSSR count). The van der Waals surface area contributed by atoms with Gasteiger partial charge in [-0.1, -0.05) is 17.7 Å². The third-order valence-corrected chi connectivity index (χ3v) is 6.27. The lowest BCUT2D eigenvalue weighted by molar-refractivity contribution is -0.0982. The summed E-state index contributed by atoms with van der Waals surface area (Å²) in [5.74, 6) is 0.603. The highest BCUT2D eigenvalue weighted by atomic mass is 35.5. The lowest BCUT2D eigenvalue weighted by atomic mass is 9.74. The van der Waals surface area contributed by atoms with Crippen LogP contribution in [0.5, 0.6) is 5.75 Å². The Balaban J connectivity index is 1.98. The molecule has 1 aliphatic heterocycles. The summed E-state index contributed by atoms with van der Waals surface area (Å²) in [6, 6.07) is 3.52. The first-order valence-corrected chi connectivity index (χ1v) is 10.2. The monoisotopic (exact) mass is 412 g/mol. The zero-order valence-corrected chi connectivity index (χ0v) is 18.7. The van der Waals surface area contributed by atoms with E-state index in [1.807, 2.05) is 6.92 Å². The zero-order chi connectivity index (χ0) is 21.1. The van der Waals surface area contributed by atoms with Crippen LogP contribution in [0.4, 0.5) is 0 Å². The lowest BCUT2D eigenvalue weighted by Gasteiger charge is -2.38. The Bertz CT molecular complexity index is 658. The molecule has 1 fully saturated rings. The number of aliphatic hydroxyl groups is 1. The molecule has 0 unspecified atom stereocenters. The summed E-state index contributed by atoms with van der Waals surface area (Å²) in [5.41, 5.74) is -0.785. The van der Waals surface area contributed by atoms with Gasteiger partial charge in [0.2, 0.25) is 0 Å². The molecule has 0 spiro atoms. The Kier molecular flexibility index (Phi) is 7.81. The SMILES string of the molecule is Cc1c(B(O)OC(C)(C)C(C)(C)O)ccc(OCCN2CCN(C)CC2)c1Cl. The Labute approximate surface area is 174 Å². The third kappa shape index (κ3) is 5.84. The molecule has 1 heterocycles. The van der Waals surface area contributed by atoms with Crippen LogP contribution >= 0.6 is 11.6 Å². The van der Waals surface area contributed by atoms with Crippen molar-refractivity contribution >= 4 is 24.2 Å². The maximum atomic E-state index is 10.5. The quantitative estimate of drug-likeness (QED) is 0.631. The molecule has 28 heavy (non-hydrogen) atoms. The van der Waals surface area contributed by atoms with Crippen molar-refractivity contribution in [1.29, 1.82) is 0 Å². The molecule has 1 aromatic carbocycles. The number of piperazine rings is 1. The van der Waals surface area contributed by atoms with E-state index in [4.69, 9.17) is 21.0 Å². The molecule has 0 aromatic heterocycles. The van der Waals surface area contributed by atoms with Crippen LogP contribution in [0.25, 0.3) is 0 Å². The predicted octanol–water partition coefficient (Wildman–Crippen LogP) is 1.53. The number of hydrogen-bond donors (Lipinski definition) is 2. The van der Waals surface area contributed by atoms with Crippen LogP contribution in [0.3, 0.4) is 0 Å². The number of halogens is 1. The Hall–Kier alpha value is -0.825. The summed E-state index contributed by atoms with van der Waals surface area (Å²) in [5, 5.41) is 21.3. The summed E-state index contributed by atoms with van der Waals surface area (Å²) in [6.07, 6.45) is 0. The van der Waals surface area contributed by atoms with Crippen molar-refractivity contribution in [1.82, 2.24) is 9.80 Å². The highest BCUT2D eigenvalue weighted by Gasteiger charge is 2.40. The molecule has 0 atom stereocenters. The van der Waals surface area contributed by atoms with Gasteiger partial charge in [0.05, 0.1) is 16.2 Å². The molecule has 0 amide bonds. The van der Waals surface area contributed by atoms with E-state index in [0.717, 1.165) is 32.7 Å². The molecule has 2 N–H and O–H groups in total. The normalized spacial score (nSPS) is 17.0. The molecule has 0 radical (unpaired) electrons. The highest BCUT2D eigenvalue weighted by Crippen LogP contribution is 2.29. The fraction of sp³-hybridized carbons (Fsp3) is 0.700. The zero-order valence-electron chi connectivity index (χ0n) is 18.0. The standard InChI is InChI=1S/C20H34BClN2O4/c1-15-16(21(26)28-20(4,5)19(2,3)25)7-8-17(18(15)22)27-14-13-24-11-9-23(6)10-12-24/h7-8,25-26H,9-14H2,1-6H3. The van der Waals surface area contributed by atoms with Gasteiger partial charge in [-0.3, -0.25) is 4.90 Å². The van der Waals surface area contributed by atoms with Gasteiger partial charge in [0, 0.05) is 32.7 Å². The van der Waals surface area contributed by atoms with E-state index in [-0.39, 0.29) is 0 Å². The van der Waals surface area contributed by atoms with Gasteiger partial charge >= 0.3 is 7.12 Å². The van der Waals surface area contributed by atoms with E-state index in [0.29, 0.717) is 28.4 Å². The number of ether oxygens (including phenoxy) is 1. The van der Waals surface area contributed by atoms with Gasteiger partial charge in [-0.25, -0.2) is 0 Å². The second-order valence-electron chi connectivity index (χ2n) is 8.62. The Morgan fingerprint density at radius 3 is 2.32 bits per heavy atom. The number of hydrogen-bond acceptors (Lipinski definition) is 6. The van der Waals surface area contributed by atoms with Crippen molar-refractivity contribution in [3.8, 4) is 5.75 Å². The molecule has 0 saturated carbocycles. The average molecular weight is 413 g/mol. The van der Waals surface area contributed by atoms with Crippen LogP contribution in [0.15, 0.2) is 12.1 Å². The maximum Gasteiger partial charge on any atom is 0.491 e. The van der Waals surface area contributed by atoms with E-state index < -0.39 is 18.3 Å². The largest absolute Gasteiger partial charge is 0.491 e. The van der Waals surface area contributed by atoms with Gasteiger partial charge in [-0.15, -0.1) is 0 Å². The van der Waals surface area contributed by atoms with E-state index >= 15 is 0 Å². The minimum absolute atomic E-state index is 0.472. The van der Waals surface area contributed by atoms with Gasteiger partial charge in [-0.05, 0) is 58.8 Å². The summed E-state index contributed by atoms with van der Waals surface area (Å²) in [4.78, 5) is 4.70. The third-order valence-electron chi connectivity index (χ3n) is 5.80. The lowest BCUT2D eigenvalue weighted by Crippen LogP contribution is -2.53. The van der Waals surface area contributed by atoms with Crippen molar-refractivity contribution in [2.45, 2.75) is 45.8 Å². The van der Waals surface area contributed by atoms with Crippen molar-refractivity contribution in [3.05, 3.63) is 22.7 Å².